The number of hydrogen-bond donors (Lipinski definition) is 2. The third kappa shape index (κ3) is 5.03. The van der Waals surface area contributed by atoms with Gasteiger partial charge >= 0.3 is 6.18 Å². The zero-order valence-corrected chi connectivity index (χ0v) is 16.2. The molecule has 0 aromatic heterocycles. The standard InChI is InChI=1S/C21H21F3N2O4/c1-30-18-8-13(5-6-17(18)27)10-25-20(29)15-9-19(28)26(12-15)11-14-3-2-4-16(7-14)21(22,23)24/h2-8,15,27H,9-12H2,1H3,(H,25,29). The quantitative estimate of drug-likeness (QED) is 0.750. The maximum atomic E-state index is 12.9. The number of phenolic OH excluding ortho intramolecular Hbond substituents is 1. The molecule has 1 unspecified atom stereocenters. The molecule has 3 rings (SSSR count). The molecule has 2 aromatic carbocycles. The van der Waals surface area contributed by atoms with Crippen molar-refractivity contribution in [2.24, 2.45) is 5.92 Å². The zero-order valence-electron chi connectivity index (χ0n) is 16.2. The van der Waals surface area contributed by atoms with E-state index in [-0.39, 0.29) is 49.4 Å². The van der Waals surface area contributed by atoms with Gasteiger partial charge < -0.3 is 20.1 Å². The molecule has 9 heteroatoms. The minimum atomic E-state index is -4.45. The SMILES string of the molecule is COc1cc(CNC(=O)C2CC(=O)N(Cc3cccc(C(F)(F)F)c3)C2)ccc1O. The van der Waals surface area contributed by atoms with Gasteiger partial charge in [0, 0.05) is 26.1 Å². The first-order valence-corrected chi connectivity index (χ1v) is 9.25. The number of halogens is 3. The topological polar surface area (TPSA) is 78.9 Å². The summed E-state index contributed by atoms with van der Waals surface area (Å²) < 4.78 is 43.6. The molecule has 160 valence electrons. The van der Waals surface area contributed by atoms with Crippen LogP contribution in [-0.2, 0) is 28.9 Å². The summed E-state index contributed by atoms with van der Waals surface area (Å²) in [5.41, 5.74) is 0.295. The molecule has 2 N–H and O–H groups in total. The summed E-state index contributed by atoms with van der Waals surface area (Å²) in [5, 5.41) is 12.4. The van der Waals surface area contributed by atoms with Crippen LogP contribution in [0.3, 0.4) is 0 Å². The number of ether oxygens (including phenoxy) is 1. The minimum Gasteiger partial charge on any atom is -0.504 e. The Balaban J connectivity index is 1.58. The van der Waals surface area contributed by atoms with Crippen LogP contribution >= 0.6 is 0 Å². The molecule has 1 atom stereocenters. The van der Waals surface area contributed by atoms with Gasteiger partial charge in [-0.1, -0.05) is 18.2 Å². The lowest BCUT2D eigenvalue weighted by molar-refractivity contribution is -0.137. The Morgan fingerprint density at radius 3 is 2.70 bits per heavy atom. The monoisotopic (exact) mass is 422 g/mol. The van der Waals surface area contributed by atoms with Gasteiger partial charge in [-0.05, 0) is 35.4 Å². The second kappa shape index (κ2) is 8.64. The normalized spacial score (nSPS) is 16.6. The van der Waals surface area contributed by atoms with Gasteiger partial charge in [0.1, 0.15) is 0 Å². The number of rotatable bonds is 6. The first kappa shape index (κ1) is 21.5. The van der Waals surface area contributed by atoms with E-state index in [1.807, 2.05) is 0 Å². The van der Waals surface area contributed by atoms with Crippen LogP contribution in [0.4, 0.5) is 13.2 Å². The van der Waals surface area contributed by atoms with Gasteiger partial charge in [-0.15, -0.1) is 0 Å². The summed E-state index contributed by atoms with van der Waals surface area (Å²) in [4.78, 5) is 26.1. The lowest BCUT2D eigenvalue weighted by Crippen LogP contribution is -2.32. The summed E-state index contributed by atoms with van der Waals surface area (Å²) >= 11 is 0. The van der Waals surface area contributed by atoms with Crippen LogP contribution in [0, 0.1) is 5.92 Å². The summed E-state index contributed by atoms with van der Waals surface area (Å²) in [5.74, 6) is -0.910. The first-order chi connectivity index (χ1) is 14.2. The van der Waals surface area contributed by atoms with Crippen molar-refractivity contribution in [1.29, 1.82) is 0 Å². The number of benzene rings is 2. The third-order valence-corrected chi connectivity index (χ3v) is 4.92. The third-order valence-electron chi connectivity index (χ3n) is 4.92. The largest absolute Gasteiger partial charge is 0.504 e. The number of phenols is 1. The van der Waals surface area contributed by atoms with Gasteiger partial charge in [0.05, 0.1) is 18.6 Å². The van der Waals surface area contributed by atoms with Crippen LogP contribution in [0.15, 0.2) is 42.5 Å². The van der Waals surface area contributed by atoms with Crippen LogP contribution in [0.2, 0.25) is 0 Å². The number of hydrogen-bond acceptors (Lipinski definition) is 4. The number of carbonyl (C=O) groups is 2. The molecule has 0 saturated carbocycles. The Hall–Kier alpha value is -3.23. The molecule has 6 nitrogen and oxygen atoms in total. The molecule has 0 bridgehead atoms. The van der Waals surface area contributed by atoms with E-state index >= 15 is 0 Å². The van der Waals surface area contributed by atoms with E-state index in [1.54, 1.807) is 12.1 Å². The molecule has 1 aliphatic heterocycles. The predicted molar refractivity (Wildman–Crippen MR) is 101 cm³/mol. The molecular weight excluding hydrogens is 401 g/mol. The number of likely N-dealkylation sites (tertiary alicyclic amines) is 1. The number of carbonyl (C=O) groups excluding carboxylic acids is 2. The van der Waals surface area contributed by atoms with Crippen molar-refractivity contribution < 1.29 is 32.6 Å². The first-order valence-electron chi connectivity index (χ1n) is 9.25. The van der Waals surface area contributed by atoms with E-state index in [1.165, 1.54) is 30.2 Å². The smallest absolute Gasteiger partial charge is 0.416 e. The lowest BCUT2D eigenvalue weighted by atomic mass is 10.1. The van der Waals surface area contributed by atoms with Crippen molar-refractivity contribution in [3.05, 3.63) is 59.2 Å². The van der Waals surface area contributed by atoms with Crippen LogP contribution in [0.25, 0.3) is 0 Å². The van der Waals surface area contributed by atoms with Gasteiger partial charge in [-0.3, -0.25) is 9.59 Å². The summed E-state index contributed by atoms with van der Waals surface area (Å²) in [6.45, 7) is 0.343. The summed E-state index contributed by atoms with van der Waals surface area (Å²) in [7, 11) is 1.42. The van der Waals surface area contributed by atoms with Crippen molar-refractivity contribution in [2.75, 3.05) is 13.7 Å². The highest BCUT2D eigenvalue weighted by Crippen LogP contribution is 2.30. The maximum absolute atomic E-state index is 12.9. The fourth-order valence-corrected chi connectivity index (χ4v) is 3.33. The Bertz CT molecular complexity index is 946. The van der Waals surface area contributed by atoms with E-state index in [2.05, 4.69) is 5.32 Å². The van der Waals surface area contributed by atoms with Crippen LogP contribution in [0.5, 0.6) is 11.5 Å². The highest BCUT2D eigenvalue weighted by Gasteiger charge is 2.35. The van der Waals surface area contributed by atoms with Crippen molar-refractivity contribution in [1.82, 2.24) is 10.2 Å². The van der Waals surface area contributed by atoms with Gasteiger partial charge in [0.2, 0.25) is 11.8 Å². The second-order valence-electron chi connectivity index (χ2n) is 7.10. The molecule has 30 heavy (non-hydrogen) atoms. The van der Waals surface area contributed by atoms with E-state index in [0.29, 0.717) is 11.1 Å². The second-order valence-corrected chi connectivity index (χ2v) is 7.10. The highest BCUT2D eigenvalue weighted by atomic mass is 19.4. The number of methoxy groups -OCH3 is 1. The van der Waals surface area contributed by atoms with E-state index in [9.17, 15) is 27.9 Å². The van der Waals surface area contributed by atoms with Gasteiger partial charge in [-0.2, -0.15) is 13.2 Å². The van der Waals surface area contributed by atoms with Crippen molar-refractivity contribution >= 4 is 11.8 Å². The van der Waals surface area contributed by atoms with Gasteiger partial charge in [0.25, 0.3) is 0 Å². The van der Waals surface area contributed by atoms with E-state index in [0.717, 1.165) is 12.1 Å². The molecule has 0 spiro atoms. The maximum Gasteiger partial charge on any atom is 0.416 e. The average Bonchev–Trinajstić information content (AvgIpc) is 3.07. The lowest BCUT2D eigenvalue weighted by Gasteiger charge is -2.18. The van der Waals surface area contributed by atoms with Crippen LogP contribution < -0.4 is 10.1 Å². The Labute approximate surface area is 171 Å². The van der Waals surface area contributed by atoms with Crippen molar-refractivity contribution in [3.8, 4) is 11.5 Å². The highest BCUT2D eigenvalue weighted by molar-refractivity contribution is 5.89. The fourth-order valence-electron chi connectivity index (χ4n) is 3.33. The van der Waals surface area contributed by atoms with Gasteiger partial charge in [0.15, 0.2) is 11.5 Å². The predicted octanol–water partition coefficient (Wildman–Crippen LogP) is 3.08. The number of nitrogens with zero attached hydrogens (tertiary/aromatic N) is 1. The Morgan fingerprint density at radius 1 is 1.23 bits per heavy atom. The summed E-state index contributed by atoms with van der Waals surface area (Å²) in [6, 6.07) is 9.50. The van der Waals surface area contributed by atoms with Crippen LogP contribution in [-0.4, -0.2) is 35.5 Å². The molecular formula is C21H21F3N2O4. The van der Waals surface area contributed by atoms with Crippen LogP contribution in [0.1, 0.15) is 23.1 Å². The number of amides is 2. The Morgan fingerprint density at radius 2 is 2.00 bits per heavy atom. The molecule has 2 amide bonds. The molecule has 0 radical (unpaired) electrons. The van der Waals surface area contributed by atoms with Crippen molar-refractivity contribution in [2.45, 2.75) is 25.7 Å². The number of aromatic hydroxyl groups is 1. The minimum absolute atomic E-state index is 0.00366. The molecule has 0 aliphatic carbocycles. The summed E-state index contributed by atoms with van der Waals surface area (Å²) in [6.07, 6.45) is -4.45. The number of nitrogens with one attached hydrogen (secondary N) is 1. The zero-order chi connectivity index (χ0) is 21.9. The number of alkyl halides is 3. The molecule has 1 saturated heterocycles. The fraction of sp³-hybridized carbons (Fsp3) is 0.333. The molecule has 1 heterocycles. The van der Waals surface area contributed by atoms with E-state index in [4.69, 9.17) is 4.74 Å². The Kier molecular flexibility index (Phi) is 6.19. The molecule has 1 aliphatic rings. The van der Waals surface area contributed by atoms with E-state index < -0.39 is 17.7 Å². The molecule has 2 aromatic rings. The van der Waals surface area contributed by atoms with Crippen molar-refractivity contribution in [3.63, 3.8) is 0 Å². The average molecular weight is 422 g/mol. The van der Waals surface area contributed by atoms with Gasteiger partial charge in [-0.25, -0.2) is 0 Å². The molecule has 1 fully saturated rings.